The number of ketones is 1. The summed E-state index contributed by atoms with van der Waals surface area (Å²) in [6, 6.07) is 0. The first-order valence-corrected chi connectivity index (χ1v) is 5.50. The van der Waals surface area contributed by atoms with E-state index in [1.54, 1.807) is 10.8 Å². The van der Waals surface area contributed by atoms with Crippen LogP contribution in [0.15, 0.2) is 0 Å². The molecule has 1 rings (SSSR count). The minimum Gasteiger partial charge on any atom is -0.295 e. The first-order chi connectivity index (χ1) is 4.84. The SMILES string of the molecule is O=CC(=O)C1CCCSS1. The summed E-state index contributed by atoms with van der Waals surface area (Å²) in [6.07, 6.45) is 2.36. The maximum atomic E-state index is 10.8. The number of aldehydes is 1. The summed E-state index contributed by atoms with van der Waals surface area (Å²) in [5, 5.41) is -0.0590. The molecule has 0 amide bonds. The smallest absolute Gasteiger partial charge is 0.208 e. The average molecular weight is 176 g/mol. The van der Waals surface area contributed by atoms with Crippen LogP contribution in [0.5, 0.6) is 0 Å². The van der Waals surface area contributed by atoms with Crippen LogP contribution in [0.25, 0.3) is 0 Å². The van der Waals surface area contributed by atoms with Crippen molar-refractivity contribution in [2.75, 3.05) is 5.75 Å². The van der Waals surface area contributed by atoms with Crippen LogP contribution in [0.4, 0.5) is 0 Å². The normalized spacial score (nSPS) is 25.8. The van der Waals surface area contributed by atoms with Crippen LogP contribution >= 0.6 is 21.6 Å². The maximum Gasteiger partial charge on any atom is 0.208 e. The summed E-state index contributed by atoms with van der Waals surface area (Å²) in [4.78, 5) is 20.8. The third-order valence-corrected chi connectivity index (χ3v) is 4.21. The number of Topliss-reactive ketones (excluding diaryl/α,β-unsaturated/α-hetero) is 1. The van der Waals surface area contributed by atoms with Gasteiger partial charge in [-0.3, -0.25) is 9.59 Å². The van der Waals surface area contributed by atoms with Crippen LogP contribution in [0, 0.1) is 0 Å². The van der Waals surface area contributed by atoms with Gasteiger partial charge in [-0.2, -0.15) is 0 Å². The summed E-state index contributed by atoms with van der Waals surface area (Å²) in [7, 11) is 3.22. The van der Waals surface area contributed by atoms with Crippen LogP contribution in [-0.4, -0.2) is 23.1 Å². The molecular formula is C6H8O2S2. The van der Waals surface area contributed by atoms with E-state index in [9.17, 15) is 9.59 Å². The Kier molecular flexibility index (Phi) is 3.28. The van der Waals surface area contributed by atoms with Gasteiger partial charge < -0.3 is 0 Å². The second-order valence-corrected chi connectivity index (χ2v) is 4.76. The highest BCUT2D eigenvalue weighted by atomic mass is 33.1. The fourth-order valence-electron chi connectivity index (χ4n) is 0.772. The Labute approximate surface area is 67.5 Å². The molecule has 10 heavy (non-hydrogen) atoms. The van der Waals surface area contributed by atoms with Gasteiger partial charge in [0.15, 0.2) is 6.29 Å². The molecule has 4 heteroatoms. The highest BCUT2D eigenvalue weighted by Crippen LogP contribution is 2.35. The molecule has 1 saturated heterocycles. The molecular weight excluding hydrogens is 168 g/mol. The molecule has 1 fully saturated rings. The van der Waals surface area contributed by atoms with Gasteiger partial charge in [0.05, 0.1) is 5.25 Å². The third kappa shape index (κ3) is 2.02. The summed E-state index contributed by atoms with van der Waals surface area (Å²) in [5.74, 6) is 0.852. The summed E-state index contributed by atoms with van der Waals surface area (Å²) in [5.41, 5.74) is 0. The van der Waals surface area contributed by atoms with Crippen LogP contribution in [0.1, 0.15) is 12.8 Å². The van der Waals surface area contributed by atoms with Gasteiger partial charge in [-0.15, -0.1) is 0 Å². The Bertz CT molecular complexity index is 141. The Morgan fingerprint density at radius 1 is 1.60 bits per heavy atom. The quantitative estimate of drug-likeness (QED) is 0.361. The van der Waals surface area contributed by atoms with Crippen molar-refractivity contribution >= 4 is 33.7 Å². The van der Waals surface area contributed by atoms with E-state index in [1.807, 2.05) is 0 Å². The average Bonchev–Trinajstić information content (AvgIpc) is 2.05. The lowest BCUT2D eigenvalue weighted by molar-refractivity contribution is -0.129. The van der Waals surface area contributed by atoms with Crippen LogP contribution < -0.4 is 0 Å². The first kappa shape index (κ1) is 8.14. The molecule has 1 unspecified atom stereocenters. The lowest BCUT2D eigenvalue weighted by Crippen LogP contribution is -2.19. The van der Waals surface area contributed by atoms with Crippen molar-refractivity contribution in [3.63, 3.8) is 0 Å². The van der Waals surface area contributed by atoms with Gasteiger partial charge in [-0.05, 0) is 12.8 Å². The minimum atomic E-state index is -0.253. The van der Waals surface area contributed by atoms with Gasteiger partial charge in [0.1, 0.15) is 0 Å². The molecule has 0 aromatic rings. The number of rotatable bonds is 2. The summed E-state index contributed by atoms with van der Waals surface area (Å²) < 4.78 is 0. The zero-order valence-corrected chi connectivity index (χ0v) is 7.04. The first-order valence-electron chi connectivity index (χ1n) is 3.12. The van der Waals surface area contributed by atoms with E-state index in [4.69, 9.17) is 0 Å². The minimum absolute atomic E-state index is 0.0590. The molecule has 0 radical (unpaired) electrons. The van der Waals surface area contributed by atoms with Gasteiger partial charge in [-0.1, -0.05) is 21.6 Å². The van der Waals surface area contributed by atoms with Gasteiger partial charge in [0.25, 0.3) is 0 Å². The zero-order valence-electron chi connectivity index (χ0n) is 5.41. The second-order valence-electron chi connectivity index (χ2n) is 2.07. The number of hydrogen-bond acceptors (Lipinski definition) is 4. The van der Waals surface area contributed by atoms with E-state index in [0.717, 1.165) is 18.6 Å². The highest BCUT2D eigenvalue weighted by Gasteiger charge is 2.21. The maximum absolute atomic E-state index is 10.8. The van der Waals surface area contributed by atoms with E-state index in [1.165, 1.54) is 10.8 Å². The molecule has 1 heterocycles. The lowest BCUT2D eigenvalue weighted by Gasteiger charge is -2.15. The van der Waals surface area contributed by atoms with Gasteiger partial charge in [0, 0.05) is 5.75 Å². The molecule has 0 aromatic heterocycles. The van der Waals surface area contributed by atoms with Crippen molar-refractivity contribution in [2.24, 2.45) is 0 Å². The molecule has 0 aromatic carbocycles. The van der Waals surface area contributed by atoms with Gasteiger partial charge >= 0.3 is 0 Å². The number of carbonyl (C=O) groups excluding carboxylic acids is 2. The fourth-order valence-corrected chi connectivity index (χ4v) is 3.44. The van der Waals surface area contributed by atoms with Crippen molar-refractivity contribution in [2.45, 2.75) is 18.1 Å². The monoisotopic (exact) mass is 176 g/mol. The zero-order chi connectivity index (χ0) is 7.40. The van der Waals surface area contributed by atoms with Crippen molar-refractivity contribution in [3.8, 4) is 0 Å². The molecule has 0 saturated carbocycles. The highest BCUT2D eigenvalue weighted by molar-refractivity contribution is 8.77. The standard InChI is InChI=1S/C6H8O2S2/c7-4-5(8)6-2-1-3-9-10-6/h4,6H,1-3H2. The predicted octanol–water partition coefficient (Wildman–Crippen LogP) is 1.30. The van der Waals surface area contributed by atoms with E-state index in [2.05, 4.69) is 0 Å². The van der Waals surface area contributed by atoms with Crippen LogP contribution in [0.3, 0.4) is 0 Å². The van der Waals surface area contributed by atoms with E-state index < -0.39 is 0 Å². The van der Waals surface area contributed by atoms with Crippen LogP contribution in [0.2, 0.25) is 0 Å². The van der Waals surface area contributed by atoms with E-state index in [0.29, 0.717) is 6.29 Å². The molecule has 1 atom stereocenters. The van der Waals surface area contributed by atoms with Gasteiger partial charge in [0.2, 0.25) is 5.78 Å². The Balaban J connectivity index is 2.38. The molecule has 2 nitrogen and oxygen atoms in total. The molecule has 56 valence electrons. The van der Waals surface area contributed by atoms with Crippen molar-refractivity contribution in [3.05, 3.63) is 0 Å². The van der Waals surface area contributed by atoms with Crippen molar-refractivity contribution in [1.82, 2.24) is 0 Å². The van der Waals surface area contributed by atoms with Gasteiger partial charge in [-0.25, -0.2) is 0 Å². The summed E-state index contributed by atoms with van der Waals surface area (Å²) >= 11 is 0. The largest absolute Gasteiger partial charge is 0.295 e. The Morgan fingerprint density at radius 2 is 2.40 bits per heavy atom. The topological polar surface area (TPSA) is 34.1 Å². The predicted molar refractivity (Wildman–Crippen MR) is 44.1 cm³/mol. The molecule has 0 spiro atoms. The lowest BCUT2D eigenvalue weighted by atomic mass is 10.2. The number of carbonyl (C=O) groups is 2. The molecule has 0 N–H and O–H groups in total. The molecule has 1 aliphatic heterocycles. The second kappa shape index (κ2) is 4.03. The fraction of sp³-hybridized carbons (Fsp3) is 0.667. The number of hydrogen-bond donors (Lipinski definition) is 0. The Hall–Kier alpha value is 0.0400. The van der Waals surface area contributed by atoms with Crippen molar-refractivity contribution < 1.29 is 9.59 Å². The molecule has 0 aliphatic carbocycles. The van der Waals surface area contributed by atoms with E-state index in [-0.39, 0.29) is 11.0 Å². The molecule has 0 bridgehead atoms. The third-order valence-electron chi connectivity index (χ3n) is 1.31. The summed E-state index contributed by atoms with van der Waals surface area (Å²) in [6.45, 7) is 0. The molecule has 1 aliphatic rings. The van der Waals surface area contributed by atoms with Crippen LogP contribution in [-0.2, 0) is 9.59 Å². The van der Waals surface area contributed by atoms with E-state index >= 15 is 0 Å². The van der Waals surface area contributed by atoms with Crippen molar-refractivity contribution in [1.29, 1.82) is 0 Å². The Morgan fingerprint density at radius 3 is 2.90 bits per heavy atom.